The number of hydrogen-bond donors (Lipinski definition) is 1. The van der Waals surface area contributed by atoms with Gasteiger partial charge in [0.1, 0.15) is 0 Å². The molecule has 16 heavy (non-hydrogen) atoms. The van der Waals surface area contributed by atoms with E-state index >= 15 is 0 Å². The zero-order valence-corrected chi connectivity index (χ0v) is 11.5. The Bertz CT molecular complexity index is 328. The van der Waals surface area contributed by atoms with E-state index in [-0.39, 0.29) is 0 Å². The van der Waals surface area contributed by atoms with Crippen molar-refractivity contribution in [3.05, 3.63) is 21.3 Å². The van der Waals surface area contributed by atoms with Crippen LogP contribution in [0.25, 0.3) is 0 Å². The molecule has 0 aromatic carbocycles. The molecule has 1 aliphatic rings. The molecule has 1 heterocycles. The van der Waals surface area contributed by atoms with Crippen molar-refractivity contribution in [2.24, 2.45) is 5.41 Å². The highest BCUT2D eigenvalue weighted by Gasteiger charge is 2.25. The van der Waals surface area contributed by atoms with Gasteiger partial charge in [0.05, 0.1) is 4.34 Å². The zero-order chi connectivity index (χ0) is 11.4. The molecule has 0 amide bonds. The summed E-state index contributed by atoms with van der Waals surface area (Å²) in [5, 5.41) is 3.58. The molecule has 0 atom stereocenters. The SMILES string of the molecule is CC1(CNCc2ccc(Cl)s2)CCCCC1. The molecular weight excluding hydrogens is 238 g/mol. The van der Waals surface area contributed by atoms with Crippen molar-refractivity contribution in [1.82, 2.24) is 5.32 Å². The first-order valence-electron chi connectivity index (χ1n) is 6.13. The molecule has 0 bridgehead atoms. The molecule has 0 unspecified atom stereocenters. The molecule has 90 valence electrons. The molecule has 0 aliphatic heterocycles. The Kier molecular flexibility index (Phi) is 4.28. The Labute approximate surface area is 107 Å². The third-order valence-electron chi connectivity index (χ3n) is 3.54. The van der Waals surface area contributed by atoms with Crippen LogP contribution in [0.1, 0.15) is 43.9 Å². The van der Waals surface area contributed by atoms with Crippen LogP contribution in [0.15, 0.2) is 12.1 Å². The molecule has 1 aromatic rings. The van der Waals surface area contributed by atoms with Crippen LogP contribution in [0.4, 0.5) is 0 Å². The molecule has 1 fully saturated rings. The maximum absolute atomic E-state index is 5.91. The molecule has 2 rings (SSSR count). The summed E-state index contributed by atoms with van der Waals surface area (Å²) in [7, 11) is 0. The van der Waals surface area contributed by atoms with Crippen molar-refractivity contribution in [2.45, 2.75) is 45.6 Å². The third kappa shape index (κ3) is 3.47. The van der Waals surface area contributed by atoms with Crippen LogP contribution in [0.5, 0.6) is 0 Å². The fraction of sp³-hybridized carbons (Fsp3) is 0.692. The van der Waals surface area contributed by atoms with Crippen molar-refractivity contribution in [3.63, 3.8) is 0 Å². The van der Waals surface area contributed by atoms with Crippen LogP contribution < -0.4 is 5.32 Å². The zero-order valence-electron chi connectivity index (χ0n) is 9.89. The minimum Gasteiger partial charge on any atom is -0.311 e. The van der Waals surface area contributed by atoms with E-state index in [1.165, 1.54) is 37.0 Å². The van der Waals surface area contributed by atoms with E-state index in [1.807, 2.05) is 6.07 Å². The molecule has 1 aromatic heterocycles. The number of rotatable bonds is 4. The maximum Gasteiger partial charge on any atom is 0.0931 e. The van der Waals surface area contributed by atoms with Crippen molar-refractivity contribution in [1.29, 1.82) is 0 Å². The second-order valence-corrected chi connectivity index (χ2v) is 6.98. The predicted molar refractivity (Wildman–Crippen MR) is 72.2 cm³/mol. The van der Waals surface area contributed by atoms with Gasteiger partial charge in [-0.3, -0.25) is 0 Å². The van der Waals surface area contributed by atoms with Crippen molar-refractivity contribution in [2.75, 3.05) is 6.54 Å². The Morgan fingerprint density at radius 3 is 2.69 bits per heavy atom. The lowest BCUT2D eigenvalue weighted by molar-refractivity contribution is 0.208. The van der Waals surface area contributed by atoms with Gasteiger partial charge in [0.15, 0.2) is 0 Å². The lowest BCUT2D eigenvalue weighted by Gasteiger charge is -2.33. The summed E-state index contributed by atoms with van der Waals surface area (Å²) in [5.41, 5.74) is 0.527. The fourth-order valence-corrected chi connectivity index (χ4v) is 3.57. The molecule has 0 radical (unpaired) electrons. The first-order valence-corrected chi connectivity index (χ1v) is 7.32. The summed E-state index contributed by atoms with van der Waals surface area (Å²) in [5.74, 6) is 0. The normalized spacial score (nSPS) is 19.9. The lowest BCUT2D eigenvalue weighted by Crippen LogP contribution is -2.33. The van der Waals surface area contributed by atoms with Crippen LogP contribution in [0.3, 0.4) is 0 Å². The van der Waals surface area contributed by atoms with Gasteiger partial charge in [-0.1, -0.05) is 37.8 Å². The van der Waals surface area contributed by atoms with Gasteiger partial charge in [-0.25, -0.2) is 0 Å². The summed E-state index contributed by atoms with van der Waals surface area (Å²) < 4.78 is 0.890. The summed E-state index contributed by atoms with van der Waals surface area (Å²) in [4.78, 5) is 1.34. The van der Waals surface area contributed by atoms with E-state index < -0.39 is 0 Å². The van der Waals surface area contributed by atoms with E-state index in [9.17, 15) is 0 Å². The second kappa shape index (κ2) is 5.52. The first kappa shape index (κ1) is 12.4. The standard InChI is InChI=1S/C13H20ClNS/c1-13(7-3-2-4-8-13)10-15-9-11-5-6-12(14)16-11/h5-6,15H,2-4,7-10H2,1H3. The molecule has 1 aliphatic carbocycles. The van der Waals surface area contributed by atoms with Gasteiger partial charge in [-0.15, -0.1) is 11.3 Å². The summed E-state index contributed by atoms with van der Waals surface area (Å²) in [6, 6.07) is 4.09. The highest BCUT2D eigenvalue weighted by molar-refractivity contribution is 7.16. The highest BCUT2D eigenvalue weighted by Crippen LogP contribution is 2.35. The van der Waals surface area contributed by atoms with Crippen molar-refractivity contribution >= 4 is 22.9 Å². The van der Waals surface area contributed by atoms with Gasteiger partial charge in [0, 0.05) is 18.0 Å². The molecular formula is C13H20ClNS. The fourth-order valence-electron chi connectivity index (χ4n) is 2.52. The Balaban J connectivity index is 1.74. The third-order valence-corrected chi connectivity index (χ3v) is 4.77. The Hall–Kier alpha value is -0.0500. The van der Waals surface area contributed by atoms with E-state index in [1.54, 1.807) is 11.3 Å². The minimum absolute atomic E-state index is 0.527. The summed E-state index contributed by atoms with van der Waals surface area (Å²) in [6.07, 6.45) is 7.00. The van der Waals surface area contributed by atoms with Gasteiger partial charge in [0.2, 0.25) is 0 Å². The topological polar surface area (TPSA) is 12.0 Å². The Morgan fingerprint density at radius 2 is 2.06 bits per heavy atom. The van der Waals surface area contributed by atoms with E-state index in [4.69, 9.17) is 11.6 Å². The minimum atomic E-state index is 0.527. The van der Waals surface area contributed by atoms with Crippen LogP contribution in [0, 0.1) is 5.41 Å². The smallest absolute Gasteiger partial charge is 0.0931 e. The van der Waals surface area contributed by atoms with Gasteiger partial charge in [-0.2, -0.15) is 0 Å². The average molecular weight is 258 g/mol. The van der Waals surface area contributed by atoms with Gasteiger partial charge in [0.25, 0.3) is 0 Å². The number of nitrogens with one attached hydrogen (secondary N) is 1. The maximum atomic E-state index is 5.91. The van der Waals surface area contributed by atoms with Gasteiger partial charge in [-0.05, 0) is 30.4 Å². The van der Waals surface area contributed by atoms with E-state index in [0.717, 1.165) is 17.4 Å². The quantitative estimate of drug-likeness (QED) is 0.840. The van der Waals surface area contributed by atoms with Crippen LogP contribution in [0.2, 0.25) is 4.34 Å². The first-order chi connectivity index (χ1) is 7.68. The summed E-state index contributed by atoms with van der Waals surface area (Å²) in [6.45, 7) is 4.52. The van der Waals surface area contributed by atoms with E-state index in [2.05, 4.69) is 18.3 Å². The summed E-state index contributed by atoms with van der Waals surface area (Å²) >= 11 is 7.58. The number of thiophene rings is 1. The largest absolute Gasteiger partial charge is 0.311 e. The Morgan fingerprint density at radius 1 is 1.31 bits per heavy atom. The van der Waals surface area contributed by atoms with Crippen molar-refractivity contribution < 1.29 is 0 Å². The average Bonchev–Trinajstić information content (AvgIpc) is 2.65. The molecule has 1 N–H and O–H groups in total. The lowest BCUT2D eigenvalue weighted by atomic mass is 9.76. The van der Waals surface area contributed by atoms with Crippen LogP contribution in [-0.4, -0.2) is 6.54 Å². The molecule has 1 nitrogen and oxygen atoms in total. The predicted octanol–water partition coefficient (Wildman–Crippen LogP) is 4.46. The number of hydrogen-bond acceptors (Lipinski definition) is 2. The van der Waals surface area contributed by atoms with Crippen LogP contribution in [-0.2, 0) is 6.54 Å². The monoisotopic (exact) mass is 257 g/mol. The number of halogens is 1. The highest BCUT2D eigenvalue weighted by atomic mass is 35.5. The molecule has 3 heteroatoms. The molecule has 0 spiro atoms. The van der Waals surface area contributed by atoms with Gasteiger partial charge < -0.3 is 5.32 Å². The van der Waals surface area contributed by atoms with Crippen LogP contribution >= 0.6 is 22.9 Å². The molecule has 1 saturated carbocycles. The van der Waals surface area contributed by atoms with Crippen molar-refractivity contribution in [3.8, 4) is 0 Å². The molecule has 0 saturated heterocycles. The second-order valence-electron chi connectivity index (χ2n) is 5.18. The van der Waals surface area contributed by atoms with Gasteiger partial charge >= 0.3 is 0 Å². The van der Waals surface area contributed by atoms with E-state index in [0.29, 0.717) is 5.41 Å².